The normalized spacial score (nSPS) is 12.0. The Morgan fingerprint density at radius 2 is 2.14 bits per heavy atom. The zero-order valence-electron chi connectivity index (χ0n) is 12.9. The van der Waals surface area contributed by atoms with Crippen molar-refractivity contribution in [2.75, 3.05) is 20.3 Å². The number of ether oxygens (including phenoxy) is 2. The molecule has 2 N–H and O–H groups in total. The first-order chi connectivity index (χ1) is 10.7. The quantitative estimate of drug-likeness (QED) is 0.849. The summed E-state index contributed by atoms with van der Waals surface area (Å²) >= 11 is 6.29. The van der Waals surface area contributed by atoms with Crippen LogP contribution in [-0.4, -0.2) is 25.2 Å². The highest BCUT2D eigenvalue weighted by Gasteiger charge is 2.16. The van der Waals surface area contributed by atoms with Crippen LogP contribution in [0.5, 0.6) is 11.5 Å². The van der Waals surface area contributed by atoms with Crippen LogP contribution >= 0.6 is 11.6 Å². The Labute approximate surface area is 136 Å². The minimum atomic E-state index is 0.139. The number of aromatic nitrogens is 1. The molecule has 5 heteroatoms. The van der Waals surface area contributed by atoms with E-state index in [-0.39, 0.29) is 5.92 Å². The first-order valence-corrected chi connectivity index (χ1v) is 7.67. The van der Waals surface area contributed by atoms with Gasteiger partial charge in [0, 0.05) is 24.4 Å². The molecule has 0 radical (unpaired) electrons. The number of hydrogen-bond acceptors (Lipinski definition) is 4. The lowest BCUT2D eigenvalue weighted by Gasteiger charge is -2.17. The van der Waals surface area contributed by atoms with E-state index in [0.717, 1.165) is 17.7 Å². The predicted octanol–water partition coefficient (Wildman–Crippen LogP) is 3.43. The molecular formula is C17H21ClN2O2. The molecule has 118 valence electrons. The van der Waals surface area contributed by atoms with Crippen molar-refractivity contribution in [1.82, 2.24) is 4.98 Å². The van der Waals surface area contributed by atoms with Crippen LogP contribution in [0, 0.1) is 0 Å². The maximum atomic E-state index is 6.29. The molecule has 0 aliphatic carbocycles. The molecule has 1 atom stereocenters. The van der Waals surface area contributed by atoms with Gasteiger partial charge in [-0.15, -0.1) is 0 Å². The number of nitrogens with two attached hydrogens (primary N) is 1. The van der Waals surface area contributed by atoms with Gasteiger partial charge in [0.25, 0.3) is 0 Å². The van der Waals surface area contributed by atoms with E-state index in [4.69, 9.17) is 26.8 Å². The van der Waals surface area contributed by atoms with Crippen LogP contribution in [0.4, 0.5) is 0 Å². The van der Waals surface area contributed by atoms with Gasteiger partial charge in [0.05, 0.1) is 18.7 Å². The summed E-state index contributed by atoms with van der Waals surface area (Å²) in [7, 11) is 1.58. The van der Waals surface area contributed by atoms with Gasteiger partial charge in [-0.25, -0.2) is 0 Å². The summed E-state index contributed by atoms with van der Waals surface area (Å²) in [5.41, 5.74) is 7.95. The molecule has 1 heterocycles. The van der Waals surface area contributed by atoms with Crippen LogP contribution in [-0.2, 0) is 6.42 Å². The van der Waals surface area contributed by atoms with Crippen LogP contribution in [0.15, 0.2) is 36.5 Å². The highest BCUT2D eigenvalue weighted by Crippen LogP contribution is 2.37. The van der Waals surface area contributed by atoms with Crippen molar-refractivity contribution in [2.45, 2.75) is 19.3 Å². The fraction of sp³-hybridized carbons (Fsp3) is 0.353. The van der Waals surface area contributed by atoms with Gasteiger partial charge < -0.3 is 15.2 Å². The molecule has 2 aromatic rings. The molecule has 0 saturated carbocycles. The fourth-order valence-electron chi connectivity index (χ4n) is 2.41. The van der Waals surface area contributed by atoms with E-state index in [1.807, 2.05) is 37.3 Å². The molecule has 0 amide bonds. The zero-order chi connectivity index (χ0) is 15.9. The third-order valence-electron chi connectivity index (χ3n) is 3.45. The minimum absolute atomic E-state index is 0.139. The first-order valence-electron chi connectivity index (χ1n) is 7.29. The lowest BCUT2D eigenvalue weighted by Crippen LogP contribution is -2.16. The topological polar surface area (TPSA) is 57.4 Å². The van der Waals surface area contributed by atoms with E-state index < -0.39 is 0 Å². The average molecular weight is 321 g/mol. The van der Waals surface area contributed by atoms with Gasteiger partial charge in [0.2, 0.25) is 0 Å². The summed E-state index contributed by atoms with van der Waals surface area (Å²) in [6, 6.07) is 9.71. The average Bonchev–Trinajstić information content (AvgIpc) is 2.53. The SMILES string of the molecule is CCOc1cc(CC(CN)c2ccccn2)cc(Cl)c1OC. The number of methoxy groups -OCH3 is 1. The van der Waals surface area contributed by atoms with Gasteiger partial charge in [-0.1, -0.05) is 17.7 Å². The van der Waals surface area contributed by atoms with Gasteiger partial charge in [-0.05, 0) is 43.2 Å². The van der Waals surface area contributed by atoms with Gasteiger partial charge in [-0.2, -0.15) is 0 Å². The first kappa shape index (κ1) is 16.6. The molecule has 0 fully saturated rings. The van der Waals surface area contributed by atoms with E-state index in [9.17, 15) is 0 Å². The number of benzene rings is 1. The van der Waals surface area contributed by atoms with Crippen LogP contribution in [0.2, 0.25) is 5.02 Å². The molecule has 1 unspecified atom stereocenters. The zero-order valence-corrected chi connectivity index (χ0v) is 13.6. The Kier molecular flexibility index (Phi) is 6.04. The summed E-state index contributed by atoms with van der Waals surface area (Å²) in [6.07, 6.45) is 2.53. The maximum Gasteiger partial charge on any atom is 0.179 e. The monoisotopic (exact) mass is 320 g/mol. The highest BCUT2D eigenvalue weighted by molar-refractivity contribution is 6.32. The van der Waals surface area contributed by atoms with E-state index in [1.165, 1.54) is 0 Å². The Morgan fingerprint density at radius 3 is 2.73 bits per heavy atom. The van der Waals surface area contributed by atoms with Crippen molar-refractivity contribution in [1.29, 1.82) is 0 Å². The van der Waals surface area contributed by atoms with Crippen molar-refractivity contribution in [3.8, 4) is 11.5 Å². The molecule has 1 aromatic carbocycles. The molecule has 0 spiro atoms. The molecule has 4 nitrogen and oxygen atoms in total. The molecule has 0 aliphatic rings. The second-order valence-corrected chi connectivity index (χ2v) is 5.34. The van der Waals surface area contributed by atoms with Gasteiger partial charge in [0.15, 0.2) is 11.5 Å². The molecular weight excluding hydrogens is 300 g/mol. The van der Waals surface area contributed by atoms with E-state index in [0.29, 0.717) is 29.7 Å². The third-order valence-corrected chi connectivity index (χ3v) is 3.73. The molecule has 1 aromatic heterocycles. The van der Waals surface area contributed by atoms with Crippen LogP contribution in [0.25, 0.3) is 0 Å². The number of pyridine rings is 1. The molecule has 22 heavy (non-hydrogen) atoms. The van der Waals surface area contributed by atoms with Crippen molar-refractivity contribution >= 4 is 11.6 Å². The summed E-state index contributed by atoms with van der Waals surface area (Å²) in [4.78, 5) is 4.39. The molecule has 2 rings (SSSR count). The second-order valence-electron chi connectivity index (χ2n) is 4.93. The maximum absolute atomic E-state index is 6.29. The fourth-order valence-corrected chi connectivity index (χ4v) is 2.72. The van der Waals surface area contributed by atoms with Gasteiger partial charge in [0.1, 0.15) is 0 Å². The van der Waals surface area contributed by atoms with Crippen LogP contribution in [0.1, 0.15) is 24.1 Å². The summed E-state index contributed by atoms with van der Waals surface area (Å²) in [6.45, 7) is 3.00. The van der Waals surface area contributed by atoms with Crippen molar-refractivity contribution < 1.29 is 9.47 Å². The minimum Gasteiger partial charge on any atom is -0.491 e. The third kappa shape index (κ3) is 3.90. The summed E-state index contributed by atoms with van der Waals surface area (Å²) in [5.74, 6) is 1.36. The highest BCUT2D eigenvalue weighted by atomic mass is 35.5. The number of nitrogens with zero attached hydrogens (tertiary/aromatic N) is 1. The Morgan fingerprint density at radius 1 is 1.32 bits per heavy atom. The smallest absolute Gasteiger partial charge is 0.179 e. The molecule has 0 aliphatic heterocycles. The lowest BCUT2D eigenvalue weighted by molar-refractivity contribution is 0.310. The van der Waals surface area contributed by atoms with Gasteiger partial charge in [-0.3, -0.25) is 4.98 Å². The van der Waals surface area contributed by atoms with Crippen molar-refractivity contribution in [3.63, 3.8) is 0 Å². The predicted molar refractivity (Wildman–Crippen MR) is 88.9 cm³/mol. The number of rotatable bonds is 7. The van der Waals surface area contributed by atoms with E-state index in [2.05, 4.69) is 4.98 Å². The molecule has 0 bridgehead atoms. The standard InChI is InChI=1S/C17H21ClN2O2/c1-3-22-16-10-12(9-14(18)17(16)21-2)8-13(11-19)15-6-4-5-7-20-15/h4-7,9-10,13H,3,8,11,19H2,1-2H3. The Bertz CT molecular complexity index is 605. The van der Waals surface area contributed by atoms with Crippen LogP contribution in [0.3, 0.4) is 0 Å². The largest absolute Gasteiger partial charge is 0.491 e. The Balaban J connectivity index is 2.28. The summed E-state index contributed by atoms with van der Waals surface area (Å²) < 4.78 is 10.9. The van der Waals surface area contributed by atoms with E-state index >= 15 is 0 Å². The molecule has 0 saturated heterocycles. The second kappa shape index (κ2) is 8.01. The lowest BCUT2D eigenvalue weighted by atomic mass is 9.95. The van der Waals surface area contributed by atoms with E-state index in [1.54, 1.807) is 13.3 Å². The van der Waals surface area contributed by atoms with Crippen molar-refractivity contribution in [3.05, 3.63) is 52.8 Å². The Hall–Kier alpha value is -1.78. The summed E-state index contributed by atoms with van der Waals surface area (Å²) in [5, 5.41) is 0.542. The number of halogens is 1. The number of hydrogen-bond donors (Lipinski definition) is 1. The van der Waals surface area contributed by atoms with Gasteiger partial charge >= 0.3 is 0 Å². The van der Waals surface area contributed by atoms with Crippen molar-refractivity contribution in [2.24, 2.45) is 5.73 Å². The van der Waals surface area contributed by atoms with Crippen LogP contribution < -0.4 is 15.2 Å².